The van der Waals surface area contributed by atoms with Crippen LogP contribution in [0.3, 0.4) is 0 Å². The van der Waals surface area contributed by atoms with Crippen LogP contribution in [0.1, 0.15) is 30.8 Å². The maximum atomic E-state index is 13.0. The normalized spacial score (nSPS) is 19.4. The molecule has 1 aromatic carbocycles. The van der Waals surface area contributed by atoms with Crippen LogP contribution in [0.2, 0.25) is 0 Å². The number of imidazole rings is 1. The fraction of sp³-hybridized carbons (Fsp3) is 0.318. The molecule has 1 atom stereocenters. The lowest BCUT2D eigenvalue weighted by molar-refractivity contribution is -0.148. The molecule has 146 valence electrons. The van der Waals surface area contributed by atoms with Gasteiger partial charge in [0.2, 0.25) is 5.91 Å². The summed E-state index contributed by atoms with van der Waals surface area (Å²) < 4.78 is 0. The van der Waals surface area contributed by atoms with Crippen molar-refractivity contribution in [3.8, 4) is 0 Å². The Morgan fingerprint density at radius 1 is 1.21 bits per heavy atom. The molecular weight excluding hydrogens is 352 g/mol. The third-order valence-electron chi connectivity index (χ3n) is 5.35. The van der Waals surface area contributed by atoms with Gasteiger partial charge in [0.25, 0.3) is 5.91 Å². The zero-order chi connectivity index (χ0) is 20.5. The van der Waals surface area contributed by atoms with Gasteiger partial charge in [0.15, 0.2) is 0 Å². The number of aromatic nitrogens is 2. The van der Waals surface area contributed by atoms with Crippen LogP contribution in [0.25, 0.3) is 6.08 Å². The van der Waals surface area contributed by atoms with Gasteiger partial charge < -0.3 is 14.8 Å². The van der Waals surface area contributed by atoms with E-state index in [4.69, 9.17) is 0 Å². The van der Waals surface area contributed by atoms with Gasteiger partial charge in [-0.2, -0.15) is 0 Å². The molecule has 28 heavy (non-hydrogen) atoms. The van der Waals surface area contributed by atoms with Crippen molar-refractivity contribution in [2.75, 3.05) is 14.1 Å². The van der Waals surface area contributed by atoms with Crippen molar-refractivity contribution in [1.82, 2.24) is 19.8 Å². The van der Waals surface area contributed by atoms with Crippen molar-refractivity contribution < 1.29 is 9.59 Å². The summed E-state index contributed by atoms with van der Waals surface area (Å²) in [7, 11) is 3.32. The number of nitrogens with zero attached hydrogens (tertiary/aromatic N) is 3. The minimum absolute atomic E-state index is 0.114. The molecule has 1 N–H and O–H groups in total. The SMILES string of the molecule is C=CC(C)(C)c1[nH]cnc1/C=C1/C(=O)N(C)C(Cc2ccccc2)C(=O)N1C. The first-order valence-corrected chi connectivity index (χ1v) is 9.24. The molecule has 0 radical (unpaired) electrons. The third-order valence-corrected chi connectivity index (χ3v) is 5.35. The second kappa shape index (κ2) is 7.46. The number of allylic oxidation sites excluding steroid dienone is 1. The number of benzene rings is 1. The Labute approximate surface area is 165 Å². The molecule has 1 fully saturated rings. The summed E-state index contributed by atoms with van der Waals surface area (Å²) in [6.07, 6.45) is 5.56. The van der Waals surface area contributed by atoms with E-state index in [0.717, 1.165) is 11.3 Å². The molecular formula is C22H26N4O2. The van der Waals surface area contributed by atoms with Gasteiger partial charge in [0, 0.05) is 25.9 Å². The summed E-state index contributed by atoms with van der Waals surface area (Å²) >= 11 is 0. The van der Waals surface area contributed by atoms with E-state index >= 15 is 0 Å². The van der Waals surface area contributed by atoms with Crippen molar-refractivity contribution in [3.63, 3.8) is 0 Å². The lowest BCUT2D eigenvalue weighted by Gasteiger charge is -2.38. The second-order valence-electron chi connectivity index (χ2n) is 7.64. The number of carbonyl (C=O) groups excluding carboxylic acids is 2. The number of rotatable bonds is 5. The highest BCUT2D eigenvalue weighted by atomic mass is 16.2. The molecule has 2 heterocycles. The number of nitrogens with one attached hydrogen (secondary N) is 1. The smallest absolute Gasteiger partial charge is 0.271 e. The Hall–Kier alpha value is -3.15. The van der Waals surface area contributed by atoms with Crippen LogP contribution in [0.5, 0.6) is 0 Å². The summed E-state index contributed by atoms with van der Waals surface area (Å²) in [6.45, 7) is 7.89. The molecule has 2 amide bonds. The summed E-state index contributed by atoms with van der Waals surface area (Å²) in [5.41, 5.74) is 2.46. The summed E-state index contributed by atoms with van der Waals surface area (Å²) in [6, 6.07) is 9.19. The average Bonchev–Trinajstić information content (AvgIpc) is 3.17. The maximum absolute atomic E-state index is 13.0. The molecule has 0 aliphatic carbocycles. The Balaban J connectivity index is 1.93. The van der Waals surface area contributed by atoms with E-state index in [-0.39, 0.29) is 17.2 Å². The van der Waals surface area contributed by atoms with E-state index in [0.29, 0.717) is 17.8 Å². The standard InChI is InChI=1S/C22H26N4O2/c1-6-22(2,3)19-16(23-14-24-19)13-18-21(28)25(4)17(20(27)26(18)5)12-15-10-8-7-9-11-15/h6-11,13-14,17H,1,12H2,2-5H3,(H,23,24)/b18-13-. The molecule has 6 nitrogen and oxygen atoms in total. The first-order chi connectivity index (χ1) is 13.3. The molecule has 3 rings (SSSR count). The fourth-order valence-corrected chi connectivity index (χ4v) is 3.36. The van der Waals surface area contributed by atoms with Crippen molar-refractivity contribution in [2.24, 2.45) is 0 Å². The van der Waals surface area contributed by atoms with Crippen molar-refractivity contribution in [1.29, 1.82) is 0 Å². The number of H-pyrrole nitrogens is 1. The summed E-state index contributed by atoms with van der Waals surface area (Å²) in [5.74, 6) is -0.314. The Bertz CT molecular complexity index is 927. The van der Waals surface area contributed by atoms with Gasteiger partial charge in [-0.3, -0.25) is 9.59 Å². The monoisotopic (exact) mass is 378 g/mol. The summed E-state index contributed by atoms with van der Waals surface area (Å²) in [4.78, 5) is 36.5. The predicted octanol–water partition coefficient (Wildman–Crippen LogP) is 2.76. The molecule has 2 aromatic rings. The average molecular weight is 378 g/mol. The number of aromatic amines is 1. The van der Waals surface area contributed by atoms with Gasteiger partial charge in [-0.05, 0) is 11.6 Å². The maximum Gasteiger partial charge on any atom is 0.271 e. The molecule has 6 heteroatoms. The lowest BCUT2D eigenvalue weighted by Crippen LogP contribution is -2.56. The number of amides is 2. The Morgan fingerprint density at radius 3 is 2.54 bits per heavy atom. The predicted molar refractivity (Wildman–Crippen MR) is 109 cm³/mol. The van der Waals surface area contributed by atoms with E-state index in [1.807, 2.05) is 50.3 Å². The molecule has 1 unspecified atom stereocenters. The van der Waals surface area contributed by atoms with Crippen LogP contribution in [0.4, 0.5) is 0 Å². The van der Waals surface area contributed by atoms with Crippen molar-refractivity contribution in [3.05, 3.63) is 72.0 Å². The van der Waals surface area contributed by atoms with Crippen LogP contribution < -0.4 is 0 Å². The highest BCUT2D eigenvalue weighted by Gasteiger charge is 2.39. The zero-order valence-corrected chi connectivity index (χ0v) is 16.8. The highest BCUT2D eigenvalue weighted by molar-refractivity contribution is 6.07. The minimum atomic E-state index is -0.527. The molecule has 1 saturated heterocycles. The molecule has 0 spiro atoms. The molecule has 0 bridgehead atoms. The number of hydrogen-bond donors (Lipinski definition) is 1. The van der Waals surface area contributed by atoms with Crippen LogP contribution >= 0.6 is 0 Å². The number of hydrogen-bond acceptors (Lipinski definition) is 3. The lowest BCUT2D eigenvalue weighted by atomic mass is 9.88. The zero-order valence-electron chi connectivity index (χ0n) is 16.8. The van der Waals surface area contributed by atoms with E-state index in [2.05, 4.69) is 16.5 Å². The van der Waals surface area contributed by atoms with Crippen LogP contribution in [0.15, 0.2) is 55.0 Å². The Morgan fingerprint density at radius 2 is 1.89 bits per heavy atom. The summed E-state index contributed by atoms with van der Waals surface area (Å²) in [5, 5.41) is 0. The van der Waals surface area contributed by atoms with Gasteiger partial charge >= 0.3 is 0 Å². The number of piperazine rings is 1. The minimum Gasteiger partial charge on any atom is -0.347 e. The van der Waals surface area contributed by atoms with E-state index < -0.39 is 6.04 Å². The van der Waals surface area contributed by atoms with Crippen LogP contribution in [-0.2, 0) is 21.4 Å². The quantitative estimate of drug-likeness (QED) is 0.642. The molecule has 1 aliphatic heterocycles. The fourth-order valence-electron chi connectivity index (χ4n) is 3.36. The van der Waals surface area contributed by atoms with Crippen molar-refractivity contribution >= 4 is 17.9 Å². The van der Waals surface area contributed by atoms with Gasteiger partial charge in [-0.25, -0.2) is 4.98 Å². The number of likely N-dealkylation sites (N-methyl/N-ethyl adjacent to an activating group) is 2. The molecule has 0 saturated carbocycles. The van der Waals surface area contributed by atoms with Gasteiger partial charge in [-0.15, -0.1) is 6.58 Å². The van der Waals surface area contributed by atoms with Crippen LogP contribution in [-0.4, -0.2) is 51.7 Å². The Kier molecular flexibility index (Phi) is 5.23. The van der Waals surface area contributed by atoms with Crippen LogP contribution in [0, 0.1) is 0 Å². The molecule has 1 aromatic heterocycles. The first-order valence-electron chi connectivity index (χ1n) is 9.24. The van der Waals surface area contributed by atoms with Crippen molar-refractivity contribution in [2.45, 2.75) is 31.7 Å². The third kappa shape index (κ3) is 3.50. The van der Waals surface area contributed by atoms with E-state index in [1.54, 1.807) is 26.5 Å². The topological polar surface area (TPSA) is 69.3 Å². The first kappa shape index (κ1) is 19.6. The largest absolute Gasteiger partial charge is 0.347 e. The van der Waals surface area contributed by atoms with Gasteiger partial charge in [0.1, 0.15) is 11.7 Å². The van der Waals surface area contributed by atoms with E-state index in [9.17, 15) is 9.59 Å². The van der Waals surface area contributed by atoms with Gasteiger partial charge in [-0.1, -0.05) is 50.3 Å². The number of carbonyl (C=O) groups is 2. The molecule has 1 aliphatic rings. The highest BCUT2D eigenvalue weighted by Crippen LogP contribution is 2.28. The second-order valence-corrected chi connectivity index (χ2v) is 7.64. The van der Waals surface area contributed by atoms with E-state index in [1.165, 1.54) is 9.80 Å². The van der Waals surface area contributed by atoms with Gasteiger partial charge in [0.05, 0.1) is 17.7 Å².